The van der Waals surface area contributed by atoms with E-state index in [2.05, 4.69) is 48.4 Å². The van der Waals surface area contributed by atoms with Gasteiger partial charge in [-0.25, -0.2) is 4.79 Å². The van der Waals surface area contributed by atoms with Crippen molar-refractivity contribution in [3.8, 4) is 0 Å². The Morgan fingerprint density at radius 1 is 1.03 bits per heavy atom. The van der Waals surface area contributed by atoms with Crippen LogP contribution in [0.15, 0.2) is 70.8 Å². The van der Waals surface area contributed by atoms with Crippen molar-refractivity contribution in [3.05, 3.63) is 92.5 Å². The Bertz CT molecular complexity index is 1170. The first kappa shape index (κ1) is 19.2. The molecule has 4 aromatic rings. The van der Waals surface area contributed by atoms with Gasteiger partial charge in [-0.1, -0.05) is 56.3 Å². The second-order valence-corrected chi connectivity index (χ2v) is 8.35. The topological polar surface area (TPSA) is 66.9 Å². The van der Waals surface area contributed by atoms with E-state index in [0.29, 0.717) is 5.92 Å². The Hall–Kier alpha value is -3.12. The third kappa shape index (κ3) is 4.03. The van der Waals surface area contributed by atoms with Crippen molar-refractivity contribution in [1.29, 1.82) is 0 Å². The van der Waals surface area contributed by atoms with Gasteiger partial charge in [0.15, 0.2) is 0 Å². The zero-order valence-corrected chi connectivity index (χ0v) is 17.2. The molecule has 29 heavy (non-hydrogen) atoms. The maximum absolute atomic E-state index is 12.9. The molecule has 2 heterocycles. The lowest BCUT2D eigenvalue weighted by molar-refractivity contribution is -0.122. The molecule has 0 aliphatic heterocycles. The van der Waals surface area contributed by atoms with Crippen LogP contribution in [0, 0.1) is 0 Å². The smallest absolute Gasteiger partial charge is 0.326 e. The molecular weight excluding hydrogens is 382 g/mol. The normalized spacial score (nSPS) is 12.4. The molecule has 0 aliphatic carbocycles. The first-order chi connectivity index (χ1) is 14.0. The van der Waals surface area contributed by atoms with Gasteiger partial charge in [0, 0.05) is 4.88 Å². The van der Waals surface area contributed by atoms with E-state index in [1.54, 1.807) is 11.3 Å². The number of para-hydroxylation sites is 2. The third-order valence-electron chi connectivity index (χ3n) is 5.05. The molecule has 6 heteroatoms. The fourth-order valence-corrected chi connectivity index (χ4v) is 4.26. The van der Waals surface area contributed by atoms with Gasteiger partial charge in [0.1, 0.15) is 6.54 Å². The van der Waals surface area contributed by atoms with E-state index in [-0.39, 0.29) is 24.2 Å². The SMILES string of the molecule is CC(C)c1ccc(C(NC(=O)Cn2c(=O)[nH]c3ccccc32)c2cccs2)cc1. The lowest BCUT2D eigenvalue weighted by Gasteiger charge is -2.19. The minimum absolute atomic E-state index is 0.0329. The van der Waals surface area contributed by atoms with Crippen LogP contribution in [0.4, 0.5) is 0 Å². The van der Waals surface area contributed by atoms with Gasteiger partial charge < -0.3 is 10.3 Å². The number of imidazole rings is 1. The maximum Gasteiger partial charge on any atom is 0.326 e. The highest BCUT2D eigenvalue weighted by molar-refractivity contribution is 7.10. The molecule has 1 atom stereocenters. The van der Waals surface area contributed by atoms with E-state index in [0.717, 1.165) is 21.5 Å². The summed E-state index contributed by atoms with van der Waals surface area (Å²) in [6, 6.07) is 19.5. The summed E-state index contributed by atoms with van der Waals surface area (Å²) in [5.41, 5.74) is 3.45. The van der Waals surface area contributed by atoms with Crippen LogP contribution in [-0.4, -0.2) is 15.5 Å². The Balaban J connectivity index is 1.60. The van der Waals surface area contributed by atoms with Crippen molar-refractivity contribution in [2.45, 2.75) is 32.4 Å². The van der Waals surface area contributed by atoms with Crippen molar-refractivity contribution < 1.29 is 4.79 Å². The number of fused-ring (bicyclic) bond motifs is 1. The molecule has 1 unspecified atom stereocenters. The molecule has 5 nitrogen and oxygen atoms in total. The number of hydrogen-bond acceptors (Lipinski definition) is 3. The molecule has 1 amide bonds. The summed E-state index contributed by atoms with van der Waals surface area (Å²) in [6.45, 7) is 4.29. The monoisotopic (exact) mass is 405 g/mol. The predicted molar refractivity (Wildman–Crippen MR) is 117 cm³/mol. The van der Waals surface area contributed by atoms with E-state index < -0.39 is 0 Å². The summed E-state index contributed by atoms with van der Waals surface area (Å²) in [4.78, 5) is 29.0. The van der Waals surface area contributed by atoms with E-state index in [9.17, 15) is 9.59 Å². The number of carbonyl (C=O) groups is 1. The summed E-state index contributed by atoms with van der Waals surface area (Å²) < 4.78 is 1.47. The van der Waals surface area contributed by atoms with Gasteiger partial charge in [0.25, 0.3) is 0 Å². The highest BCUT2D eigenvalue weighted by Gasteiger charge is 2.19. The number of rotatable bonds is 6. The number of nitrogens with one attached hydrogen (secondary N) is 2. The van der Waals surface area contributed by atoms with E-state index in [1.807, 2.05) is 41.8 Å². The molecule has 0 saturated heterocycles. The molecule has 4 rings (SSSR count). The van der Waals surface area contributed by atoms with Gasteiger partial charge in [0.05, 0.1) is 17.1 Å². The van der Waals surface area contributed by atoms with Gasteiger partial charge in [0.2, 0.25) is 5.91 Å². The van der Waals surface area contributed by atoms with Gasteiger partial charge in [-0.15, -0.1) is 11.3 Å². The lowest BCUT2D eigenvalue weighted by Crippen LogP contribution is -2.34. The van der Waals surface area contributed by atoms with Gasteiger partial charge in [-0.05, 0) is 40.6 Å². The molecule has 2 aromatic heterocycles. The van der Waals surface area contributed by atoms with Crippen LogP contribution in [0.25, 0.3) is 11.0 Å². The van der Waals surface area contributed by atoms with Crippen LogP contribution in [0.3, 0.4) is 0 Å². The lowest BCUT2D eigenvalue weighted by atomic mass is 9.98. The summed E-state index contributed by atoms with van der Waals surface area (Å²) >= 11 is 1.60. The highest BCUT2D eigenvalue weighted by atomic mass is 32.1. The fraction of sp³-hybridized carbons (Fsp3) is 0.217. The van der Waals surface area contributed by atoms with Crippen LogP contribution in [-0.2, 0) is 11.3 Å². The van der Waals surface area contributed by atoms with Crippen molar-refractivity contribution in [3.63, 3.8) is 0 Å². The minimum Gasteiger partial charge on any atom is -0.343 e. The molecule has 0 radical (unpaired) electrons. The number of H-pyrrole nitrogens is 1. The Morgan fingerprint density at radius 3 is 2.45 bits per heavy atom. The first-order valence-electron chi connectivity index (χ1n) is 9.63. The quantitative estimate of drug-likeness (QED) is 0.499. The Morgan fingerprint density at radius 2 is 1.76 bits per heavy atom. The van der Waals surface area contributed by atoms with Gasteiger partial charge >= 0.3 is 5.69 Å². The third-order valence-corrected chi connectivity index (χ3v) is 5.99. The van der Waals surface area contributed by atoms with Crippen LogP contribution < -0.4 is 11.0 Å². The summed E-state index contributed by atoms with van der Waals surface area (Å²) in [7, 11) is 0. The Kier molecular flexibility index (Phi) is 5.36. The number of carbonyl (C=O) groups excluding carboxylic acids is 1. The predicted octanol–water partition coefficient (Wildman–Crippen LogP) is 4.42. The highest BCUT2D eigenvalue weighted by Crippen LogP contribution is 2.27. The van der Waals surface area contributed by atoms with E-state index in [4.69, 9.17) is 0 Å². The average molecular weight is 406 g/mol. The zero-order chi connectivity index (χ0) is 20.4. The largest absolute Gasteiger partial charge is 0.343 e. The van der Waals surface area contributed by atoms with Gasteiger partial charge in [-0.2, -0.15) is 0 Å². The molecule has 148 valence electrons. The number of benzene rings is 2. The first-order valence-corrected chi connectivity index (χ1v) is 10.5. The van der Waals surface area contributed by atoms with Crippen molar-refractivity contribution in [1.82, 2.24) is 14.9 Å². The number of aromatic nitrogens is 2. The Labute approximate surface area is 173 Å². The van der Waals surface area contributed by atoms with Crippen LogP contribution in [0.1, 0.15) is 41.8 Å². The molecule has 2 aromatic carbocycles. The number of hydrogen-bond donors (Lipinski definition) is 2. The average Bonchev–Trinajstić information content (AvgIpc) is 3.35. The molecule has 2 N–H and O–H groups in total. The van der Waals surface area contributed by atoms with Crippen molar-refractivity contribution in [2.24, 2.45) is 0 Å². The van der Waals surface area contributed by atoms with Crippen LogP contribution in [0.5, 0.6) is 0 Å². The molecule has 0 bridgehead atoms. The number of nitrogens with zero attached hydrogens (tertiary/aromatic N) is 1. The fourth-order valence-electron chi connectivity index (χ4n) is 3.46. The minimum atomic E-state index is -0.282. The molecule has 0 saturated carbocycles. The van der Waals surface area contributed by atoms with Gasteiger partial charge in [-0.3, -0.25) is 9.36 Å². The molecule has 0 aliphatic rings. The second kappa shape index (κ2) is 8.09. The molecule has 0 spiro atoms. The van der Waals surface area contributed by atoms with E-state index >= 15 is 0 Å². The van der Waals surface area contributed by atoms with Crippen LogP contribution >= 0.6 is 11.3 Å². The summed E-state index contributed by atoms with van der Waals surface area (Å²) in [5, 5.41) is 5.11. The number of amides is 1. The second-order valence-electron chi connectivity index (χ2n) is 7.37. The summed E-state index contributed by atoms with van der Waals surface area (Å²) in [5.74, 6) is 0.246. The zero-order valence-electron chi connectivity index (χ0n) is 16.4. The van der Waals surface area contributed by atoms with E-state index in [1.165, 1.54) is 10.1 Å². The molecular formula is C23H23N3O2S. The molecule has 0 fully saturated rings. The maximum atomic E-state index is 12.9. The standard InChI is InChI=1S/C23H23N3O2S/c1-15(2)16-9-11-17(12-10-16)22(20-8-5-13-29-20)25-21(27)14-26-19-7-4-3-6-18(19)24-23(26)28/h3-13,15,22H,14H2,1-2H3,(H,24,28)(H,25,27). The number of thiophene rings is 1. The van der Waals surface area contributed by atoms with Crippen molar-refractivity contribution >= 4 is 28.3 Å². The number of aromatic amines is 1. The summed E-state index contributed by atoms with van der Waals surface area (Å²) in [6.07, 6.45) is 0. The van der Waals surface area contributed by atoms with Crippen molar-refractivity contribution in [2.75, 3.05) is 0 Å². The van der Waals surface area contributed by atoms with Crippen LogP contribution in [0.2, 0.25) is 0 Å².